The van der Waals surface area contributed by atoms with Crippen molar-refractivity contribution in [3.05, 3.63) is 16.6 Å². The molecule has 3 nitrogen and oxygen atoms in total. The summed E-state index contributed by atoms with van der Waals surface area (Å²) in [5, 5.41) is 5.63. The van der Waals surface area contributed by atoms with Gasteiger partial charge in [0.05, 0.1) is 11.2 Å². The third-order valence-electron chi connectivity index (χ3n) is 3.54. The molecule has 1 aromatic rings. The molecule has 0 spiro atoms. The first kappa shape index (κ1) is 12.0. The van der Waals surface area contributed by atoms with Crippen molar-refractivity contribution in [1.82, 2.24) is 10.3 Å². The van der Waals surface area contributed by atoms with Gasteiger partial charge < -0.3 is 10.1 Å². The first-order valence-corrected chi connectivity index (χ1v) is 6.86. The summed E-state index contributed by atoms with van der Waals surface area (Å²) < 4.78 is 5.19. The number of aromatic nitrogens is 1. The maximum absolute atomic E-state index is 5.19. The van der Waals surface area contributed by atoms with Gasteiger partial charge in [0.25, 0.3) is 0 Å². The average molecular weight is 240 g/mol. The molecule has 0 aromatic carbocycles. The van der Waals surface area contributed by atoms with Gasteiger partial charge in [0.15, 0.2) is 0 Å². The lowest BCUT2D eigenvalue weighted by Gasteiger charge is -2.42. The van der Waals surface area contributed by atoms with E-state index in [1.54, 1.807) is 18.4 Å². The number of methoxy groups -OCH3 is 1. The Hall–Kier alpha value is -0.450. The second-order valence-corrected chi connectivity index (χ2v) is 5.40. The summed E-state index contributed by atoms with van der Waals surface area (Å²) in [6.07, 6.45) is 5.26. The molecule has 1 heterocycles. The molecule has 1 N–H and O–H groups in total. The monoisotopic (exact) mass is 240 g/mol. The van der Waals surface area contributed by atoms with Crippen LogP contribution in [-0.2, 0) is 11.3 Å². The Balaban J connectivity index is 1.70. The summed E-state index contributed by atoms with van der Waals surface area (Å²) in [7, 11) is 1.79. The van der Waals surface area contributed by atoms with Crippen LogP contribution in [0.3, 0.4) is 0 Å². The molecule has 1 fully saturated rings. The van der Waals surface area contributed by atoms with Gasteiger partial charge in [-0.2, -0.15) is 0 Å². The van der Waals surface area contributed by atoms with Crippen molar-refractivity contribution in [1.29, 1.82) is 0 Å². The molecule has 90 valence electrons. The van der Waals surface area contributed by atoms with E-state index in [1.807, 2.05) is 5.51 Å². The third kappa shape index (κ3) is 3.03. The molecule has 1 aliphatic carbocycles. The van der Waals surface area contributed by atoms with E-state index in [1.165, 1.54) is 25.7 Å². The molecular weight excluding hydrogens is 220 g/mol. The van der Waals surface area contributed by atoms with Gasteiger partial charge in [-0.05, 0) is 24.7 Å². The third-order valence-corrected chi connectivity index (χ3v) is 4.18. The van der Waals surface area contributed by atoms with Crippen LogP contribution in [-0.4, -0.2) is 25.2 Å². The molecule has 1 aromatic heterocycles. The summed E-state index contributed by atoms with van der Waals surface area (Å²) in [6.45, 7) is 2.89. The normalized spacial score (nSPS) is 18.3. The topological polar surface area (TPSA) is 34.1 Å². The Morgan fingerprint density at radius 1 is 1.56 bits per heavy atom. The van der Waals surface area contributed by atoms with E-state index in [2.05, 4.69) is 15.7 Å². The average Bonchev–Trinajstić information content (AvgIpc) is 2.73. The van der Waals surface area contributed by atoms with Crippen LogP contribution in [0.4, 0.5) is 0 Å². The van der Waals surface area contributed by atoms with E-state index < -0.39 is 0 Å². The number of rotatable bonds is 7. The Morgan fingerprint density at radius 2 is 2.44 bits per heavy atom. The van der Waals surface area contributed by atoms with Crippen LogP contribution in [0.1, 0.15) is 31.4 Å². The minimum atomic E-state index is 0.506. The molecule has 0 saturated heterocycles. The Kier molecular flexibility index (Phi) is 4.32. The lowest BCUT2D eigenvalue weighted by molar-refractivity contribution is 0.0688. The Bertz CT molecular complexity index is 296. The highest BCUT2D eigenvalue weighted by atomic mass is 32.1. The van der Waals surface area contributed by atoms with Gasteiger partial charge in [0.1, 0.15) is 0 Å². The summed E-state index contributed by atoms with van der Waals surface area (Å²) in [4.78, 5) is 4.27. The van der Waals surface area contributed by atoms with Crippen molar-refractivity contribution >= 4 is 11.3 Å². The van der Waals surface area contributed by atoms with Crippen molar-refractivity contribution in [3.8, 4) is 0 Å². The van der Waals surface area contributed by atoms with Gasteiger partial charge in [-0.15, -0.1) is 11.3 Å². The molecule has 0 radical (unpaired) electrons. The molecule has 0 atom stereocenters. The number of nitrogens with zero attached hydrogens (tertiary/aromatic N) is 1. The molecule has 2 rings (SSSR count). The van der Waals surface area contributed by atoms with Crippen molar-refractivity contribution in [2.75, 3.05) is 20.3 Å². The Morgan fingerprint density at radius 3 is 3.00 bits per heavy atom. The molecule has 0 amide bonds. The fourth-order valence-electron chi connectivity index (χ4n) is 2.29. The highest BCUT2D eigenvalue weighted by Gasteiger charge is 2.35. The second kappa shape index (κ2) is 5.75. The largest absolute Gasteiger partial charge is 0.385 e. The molecule has 1 saturated carbocycles. The molecule has 0 bridgehead atoms. The van der Waals surface area contributed by atoms with Crippen molar-refractivity contribution in [3.63, 3.8) is 0 Å². The van der Waals surface area contributed by atoms with E-state index >= 15 is 0 Å². The molecular formula is C12H20N2OS. The van der Waals surface area contributed by atoms with Crippen LogP contribution < -0.4 is 5.32 Å². The molecule has 16 heavy (non-hydrogen) atoms. The smallest absolute Gasteiger partial charge is 0.0795 e. The predicted octanol–water partition coefficient (Wildman–Crippen LogP) is 2.44. The maximum Gasteiger partial charge on any atom is 0.0795 e. The van der Waals surface area contributed by atoms with Crippen LogP contribution in [0.15, 0.2) is 10.9 Å². The van der Waals surface area contributed by atoms with Gasteiger partial charge in [0.2, 0.25) is 0 Å². The molecule has 0 unspecified atom stereocenters. The predicted molar refractivity (Wildman–Crippen MR) is 66.6 cm³/mol. The number of nitrogens with one attached hydrogen (secondary N) is 1. The highest BCUT2D eigenvalue weighted by Crippen LogP contribution is 2.43. The summed E-state index contributed by atoms with van der Waals surface area (Å²) in [6, 6.07) is 0. The minimum absolute atomic E-state index is 0.506. The molecule has 1 aliphatic rings. The van der Waals surface area contributed by atoms with Crippen LogP contribution in [0.25, 0.3) is 0 Å². The fraction of sp³-hybridized carbons (Fsp3) is 0.750. The van der Waals surface area contributed by atoms with Gasteiger partial charge in [-0.25, -0.2) is 4.98 Å². The molecule has 4 heteroatoms. The zero-order valence-corrected chi connectivity index (χ0v) is 10.7. The lowest BCUT2D eigenvalue weighted by atomic mass is 9.67. The van der Waals surface area contributed by atoms with Gasteiger partial charge in [-0.1, -0.05) is 6.42 Å². The SMILES string of the molecule is COCCC1(CNCc2cscn2)CCC1. The second-order valence-electron chi connectivity index (χ2n) is 4.68. The number of ether oxygens (including phenoxy) is 1. The number of thiazole rings is 1. The summed E-state index contributed by atoms with van der Waals surface area (Å²) >= 11 is 1.66. The quantitative estimate of drug-likeness (QED) is 0.795. The van der Waals surface area contributed by atoms with Crippen molar-refractivity contribution < 1.29 is 4.74 Å². The van der Waals surface area contributed by atoms with E-state index in [4.69, 9.17) is 4.74 Å². The van der Waals surface area contributed by atoms with Crippen LogP contribution in [0, 0.1) is 5.41 Å². The summed E-state index contributed by atoms with van der Waals surface area (Å²) in [5.41, 5.74) is 3.55. The van der Waals surface area contributed by atoms with E-state index in [0.717, 1.165) is 25.4 Å². The molecule has 0 aliphatic heterocycles. The summed E-state index contributed by atoms with van der Waals surface area (Å²) in [5.74, 6) is 0. The van der Waals surface area contributed by atoms with Crippen LogP contribution in [0.5, 0.6) is 0 Å². The van der Waals surface area contributed by atoms with E-state index in [-0.39, 0.29) is 0 Å². The van der Waals surface area contributed by atoms with Gasteiger partial charge in [-0.3, -0.25) is 0 Å². The maximum atomic E-state index is 5.19. The van der Waals surface area contributed by atoms with Crippen LogP contribution in [0.2, 0.25) is 0 Å². The van der Waals surface area contributed by atoms with Gasteiger partial charge >= 0.3 is 0 Å². The Labute approximate surface area is 101 Å². The lowest BCUT2D eigenvalue weighted by Crippen LogP contribution is -2.40. The van der Waals surface area contributed by atoms with Crippen molar-refractivity contribution in [2.45, 2.75) is 32.2 Å². The zero-order chi connectivity index (χ0) is 11.3. The minimum Gasteiger partial charge on any atom is -0.385 e. The van der Waals surface area contributed by atoms with E-state index in [0.29, 0.717) is 5.41 Å². The standard InChI is InChI=1S/C12H20N2OS/c1-15-6-5-12(3-2-4-12)9-13-7-11-8-16-10-14-11/h8,10,13H,2-7,9H2,1H3. The fourth-order valence-corrected chi connectivity index (χ4v) is 2.85. The first-order valence-electron chi connectivity index (χ1n) is 5.91. The van der Waals surface area contributed by atoms with E-state index in [9.17, 15) is 0 Å². The zero-order valence-electron chi connectivity index (χ0n) is 9.87. The van der Waals surface area contributed by atoms with Gasteiger partial charge in [0, 0.05) is 32.2 Å². The van der Waals surface area contributed by atoms with Crippen molar-refractivity contribution in [2.24, 2.45) is 5.41 Å². The number of hydrogen-bond acceptors (Lipinski definition) is 4. The van der Waals surface area contributed by atoms with Crippen LogP contribution >= 0.6 is 11.3 Å². The highest BCUT2D eigenvalue weighted by molar-refractivity contribution is 7.07. The first-order chi connectivity index (χ1) is 7.85. The number of hydrogen-bond donors (Lipinski definition) is 1.